The second-order valence-corrected chi connectivity index (χ2v) is 11.4. The van der Waals surface area contributed by atoms with Crippen molar-refractivity contribution in [2.24, 2.45) is 5.41 Å². The summed E-state index contributed by atoms with van der Waals surface area (Å²) in [6.07, 6.45) is 4.01. The Kier molecular flexibility index (Phi) is 8.85. The molecule has 1 aliphatic rings. The molecule has 0 saturated carbocycles. The molecule has 1 atom stereocenters. The minimum Gasteiger partial charge on any atom is -0.497 e. The van der Waals surface area contributed by atoms with E-state index < -0.39 is 6.10 Å². The predicted molar refractivity (Wildman–Crippen MR) is 139 cm³/mol. The molecule has 184 valence electrons. The fourth-order valence-electron chi connectivity index (χ4n) is 4.83. The van der Waals surface area contributed by atoms with E-state index in [0.29, 0.717) is 23.3 Å². The zero-order valence-electron chi connectivity index (χ0n) is 19.7. The van der Waals surface area contributed by atoms with Crippen molar-refractivity contribution in [3.63, 3.8) is 0 Å². The Hall–Kier alpha value is -1.68. The number of aromatic nitrogens is 1. The predicted octanol–water partition coefficient (Wildman–Crippen LogP) is 4.48. The normalized spacial score (nSPS) is 17.2. The van der Waals surface area contributed by atoms with Gasteiger partial charge in [0.05, 0.1) is 29.5 Å². The smallest absolute Gasteiger partial charge is 0.119 e. The average molecular weight is 503 g/mol. The van der Waals surface area contributed by atoms with Crippen LogP contribution in [-0.2, 0) is 6.61 Å². The highest BCUT2D eigenvalue weighted by Gasteiger charge is 2.34. The summed E-state index contributed by atoms with van der Waals surface area (Å²) in [7, 11) is 1.61. The van der Waals surface area contributed by atoms with Crippen LogP contribution in [-0.4, -0.2) is 64.3 Å². The van der Waals surface area contributed by atoms with Gasteiger partial charge in [-0.05, 0) is 79.4 Å². The lowest BCUT2D eigenvalue weighted by Crippen LogP contribution is -2.43. The summed E-state index contributed by atoms with van der Waals surface area (Å²) < 4.78 is 6.73. The quantitative estimate of drug-likeness (QED) is 0.333. The van der Waals surface area contributed by atoms with Crippen molar-refractivity contribution in [2.45, 2.75) is 42.6 Å². The zero-order valence-corrected chi connectivity index (χ0v) is 21.3. The van der Waals surface area contributed by atoms with E-state index >= 15 is 0 Å². The number of rotatable bonds is 11. The van der Waals surface area contributed by atoms with Gasteiger partial charge in [-0.1, -0.05) is 6.07 Å². The van der Waals surface area contributed by atoms with Crippen molar-refractivity contribution in [3.8, 4) is 5.75 Å². The number of methoxy groups -OCH3 is 1. The van der Waals surface area contributed by atoms with Crippen LogP contribution in [0.1, 0.15) is 42.9 Å². The number of fused-ring (bicyclic) bond motifs is 1. The third-order valence-corrected chi connectivity index (χ3v) is 9.16. The Morgan fingerprint density at radius 1 is 1.24 bits per heavy atom. The SMILES string of the molecule is COc1ccc2ncc(CO)c(C(O)CCC3(CO)CCN(CCSc4cccs4)CC3)c2c1. The van der Waals surface area contributed by atoms with Crippen LogP contribution in [0.2, 0.25) is 0 Å². The summed E-state index contributed by atoms with van der Waals surface area (Å²) >= 11 is 3.69. The molecule has 2 aromatic heterocycles. The van der Waals surface area contributed by atoms with Gasteiger partial charge >= 0.3 is 0 Å². The number of thiophene rings is 1. The van der Waals surface area contributed by atoms with E-state index in [1.807, 2.05) is 30.0 Å². The Bertz CT molecular complexity index is 1050. The van der Waals surface area contributed by atoms with Gasteiger partial charge in [0.2, 0.25) is 0 Å². The van der Waals surface area contributed by atoms with Gasteiger partial charge in [-0.3, -0.25) is 4.98 Å². The molecule has 0 bridgehead atoms. The molecule has 1 aliphatic heterocycles. The third-order valence-electron chi connectivity index (χ3n) is 7.05. The Balaban J connectivity index is 1.38. The Morgan fingerprint density at radius 3 is 2.74 bits per heavy atom. The monoisotopic (exact) mass is 502 g/mol. The van der Waals surface area contributed by atoms with E-state index in [-0.39, 0.29) is 18.6 Å². The maximum atomic E-state index is 11.2. The van der Waals surface area contributed by atoms with Crippen molar-refractivity contribution in [3.05, 3.63) is 53.0 Å². The number of nitrogens with zero attached hydrogens (tertiary/aromatic N) is 2. The topological polar surface area (TPSA) is 86.0 Å². The fraction of sp³-hybridized carbons (Fsp3) is 0.500. The fourth-order valence-corrected chi connectivity index (χ4v) is 6.69. The molecule has 4 rings (SSSR count). The first kappa shape index (κ1) is 25.4. The molecular formula is C26H34N2O4S2. The minimum atomic E-state index is -0.747. The van der Waals surface area contributed by atoms with Gasteiger partial charge in [-0.15, -0.1) is 23.1 Å². The van der Waals surface area contributed by atoms with Crippen LogP contribution < -0.4 is 4.74 Å². The van der Waals surface area contributed by atoms with Gasteiger partial charge in [0, 0.05) is 36.1 Å². The lowest BCUT2D eigenvalue weighted by molar-refractivity contribution is 0.0252. The van der Waals surface area contributed by atoms with Crippen LogP contribution in [0, 0.1) is 5.41 Å². The van der Waals surface area contributed by atoms with E-state index in [9.17, 15) is 15.3 Å². The molecule has 0 aliphatic carbocycles. The van der Waals surface area contributed by atoms with Gasteiger partial charge < -0.3 is 25.0 Å². The van der Waals surface area contributed by atoms with Gasteiger partial charge in [0.25, 0.3) is 0 Å². The Morgan fingerprint density at radius 2 is 2.06 bits per heavy atom. The molecule has 8 heteroatoms. The van der Waals surface area contributed by atoms with Crippen LogP contribution >= 0.6 is 23.1 Å². The lowest BCUT2D eigenvalue weighted by Gasteiger charge is -2.41. The summed E-state index contributed by atoms with van der Waals surface area (Å²) in [5, 5.41) is 34.3. The highest BCUT2D eigenvalue weighted by Crippen LogP contribution is 2.40. The van der Waals surface area contributed by atoms with Crippen molar-refractivity contribution in [1.82, 2.24) is 9.88 Å². The van der Waals surface area contributed by atoms with E-state index in [2.05, 4.69) is 27.4 Å². The van der Waals surface area contributed by atoms with Crippen LogP contribution in [0.5, 0.6) is 5.75 Å². The molecule has 1 unspecified atom stereocenters. The van der Waals surface area contributed by atoms with Crippen molar-refractivity contribution in [1.29, 1.82) is 0 Å². The van der Waals surface area contributed by atoms with E-state index in [1.54, 1.807) is 24.6 Å². The molecule has 1 fully saturated rings. The van der Waals surface area contributed by atoms with Gasteiger partial charge in [0.15, 0.2) is 0 Å². The molecule has 3 aromatic rings. The highest BCUT2D eigenvalue weighted by molar-refractivity contribution is 8.01. The summed E-state index contributed by atoms with van der Waals surface area (Å²) in [4.78, 5) is 6.91. The number of hydrogen-bond acceptors (Lipinski definition) is 8. The number of piperidine rings is 1. The summed E-state index contributed by atoms with van der Waals surface area (Å²) in [6.45, 7) is 2.95. The molecule has 1 aromatic carbocycles. The first-order valence-corrected chi connectivity index (χ1v) is 13.7. The molecule has 34 heavy (non-hydrogen) atoms. The first-order chi connectivity index (χ1) is 16.6. The molecule has 0 radical (unpaired) electrons. The number of thioether (sulfide) groups is 1. The van der Waals surface area contributed by atoms with Crippen LogP contribution in [0.15, 0.2) is 46.1 Å². The third kappa shape index (κ3) is 5.93. The van der Waals surface area contributed by atoms with Crippen LogP contribution in [0.25, 0.3) is 10.9 Å². The van der Waals surface area contributed by atoms with Crippen molar-refractivity contribution < 1.29 is 20.1 Å². The zero-order chi connectivity index (χ0) is 24.0. The molecule has 0 spiro atoms. The maximum Gasteiger partial charge on any atom is 0.119 e. The molecule has 0 amide bonds. The average Bonchev–Trinajstić information content (AvgIpc) is 3.40. The lowest BCUT2D eigenvalue weighted by atomic mass is 9.74. The number of benzene rings is 1. The second-order valence-electron chi connectivity index (χ2n) is 9.07. The number of pyridine rings is 1. The van der Waals surface area contributed by atoms with E-state index in [0.717, 1.165) is 55.6 Å². The number of aliphatic hydroxyl groups is 3. The number of likely N-dealkylation sites (tertiary alicyclic amines) is 1. The van der Waals surface area contributed by atoms with E-state index in [1.165, 1.54) is 4.21 Å². The van der Waals surface area contributed by atoms with Gasteiger partial charge in [-0.2, -0.15) is 0 Å². The number of ether oxygens (including phenoxy) is 1. The molecule has 1 saturated heterocycles. The summed E-state index contributed by atoms with van der Waals surface area (Å²) in [5.41, 5.74) is 1.93. The second kappa shape index (κ2) is 11.8. The molecular weight excluding hydrogens is 468 g/mol. The maximum absolute atomic E-state index is 11.2. The Labute approximate surface area is 209 Å². The number of aliphatic hydroxyl groups excluding tert-OH is 3. The highest BCUT2D eigenvalue weighted by atomic mass is 32.2. The molecule has 3 heterocycles. The largest absolute Gasteiger partial charge is 0.497 e. The minimum absolute atomic E-state index is 0.134. The molecule has 3 N–H and O–H groups in total. The summed E-state index contributed by atoms with van der Waals surface area (Å²) in [5.74, 6) is 1.77. The van der Waals surface area contributed by atoms with Crippen LogP contribution in [0.3, 0.4) is 0 Å². The number of hydrogen-bond donors (Lipinski definition) is 3. The van der Waals surface area contributed by atoms with Crippen molar-refractivity contribution in [2.75, 3.05) is 39.1 Å². The van der Waals surface area contributed by atoms with Gasteiger partial charge in [-0.25, -0.2) is 0 Å². The molecule has 6 nitrogen and oxygen atoms in total. The van der Waals surface area contributed by atoms with Crippen LogP contribution in [0.4, 0.5) is 0 Å². The summed E-state index contributed by atoms with van der Waals surface area (Å²) in [6, 6.07) is 9.84. The van der Waals surface area contributed by atoms with Crippen molar-refractivity contribution >= 4 is 34.0 Å². The van der Waals surface area contributed by atoms with Gasteiger partial charge in [0.1, 0.15) is 5.75 Å². The van der Waals surface area contributed by atoms with E-state index in [4.69, 9.17) is 4.74 Å². The standard InChI is InChI=1S/C26H34N2O4S2/c1-32-20-4-5-22-21(15-20)25(19(17-29)16-27-22)23(31)6-7-26(18-30)8-10-28(11-9-26)12-14-34-24-3-2-13-33-24/h2-5,13,15-16,23,29-31H,6-12,14,17-18H2,1H3. The first-order valence-electron chi connectivity index (χ1n) is 11.8.